The second-order valence-corrected chi connectivity index (χ2v) is 8.04. The number of carboxylic acids is 1. The normalized spacial score (nSPS) is 12.9. The van der Waals surface area contributed by atoms with Crippen molar-refractivity contribution < 1.29 is 28.9 Å². The predicted molar refractivity (Wildman–Crippen MR) is 112 cm³/mol. The number of carboxylic acid groups (broad SMARTS) is 1. The van der Waals surface area contributed by atoms with Gasteiger partial charge in [0.15, 0.2) is 11.5 Å². The van der Waals surface area contributed by atoms with Gasteiger partial charge in [-0.1, -0.05) is 26.0 Å². The molecule has 0 saturated heterocycles. The first-order chi connectivity index (χ1) is 14.3. The van der Waals surface area contributed by atoms with E-state index in [1.165, 1.54) is 0 Å². The molecule has 0 radical (unpaired) electrons. The Morgan fingerprint density at radius 1 is 1.07 bits per heavy atom. The topological polar surface area (TPSA) is 94.1 Å². The smallest absolute Gasteiger partial charge is 0.303 e. The molecule has 1 amide bonds. The van der Waals surface area contributed by atoms with E-state index >= 15 is 0 Å². The lowest BCUT2D eigenvalue weighted by Gasteiger charge is -2.26. The van der Waals surface area contributed by atoms with E-state index in [9.17, 15) is 9.59 Å². The van der Waals surface area contributed by atoms with Gasteiger partial charge in [0.2, 0.25) is 5.75 Å². The lowest BCUT2D eigenvalue weighted by molar-refractivity contribution is -0.137. The van der Waals surface area contributed by atoms with Crippen molar-refractivity contribution in [3.05, 3.63) is 41.5 Å². The molecule has 0 aliphatic carbocycles. The Balaban J connectivity index is 2.03. The number of nitrogens with one attached hydrogen (secondary N) is 1. The second-order valence-electron chi connectivity index (χ2n) is 8.04. The molecule has 1 aliphatic rings. The van der Waals surface area contributed by atoms with Gasteiger partial charge >= 0.3 is 5.97 Å². The van der Waals surface area contributed by atoms with Crippen LogP contribution < -0.4 is 19.5 Å². The number of benzene rings is 2. The molecule has 0 aromatic heterocycles. The standard InChI is InChI=1S/C23H27NO6/c1-23(2,11-10-19(25)26)13-30-20-15(8-9-18(28-3)21(20)29-4)14-6-5-7-16-17(14)12-24-22(16)27/h5-9H,10-13H2,1-4H3,(H,24,27)(H,25,26). The fraction of sp³-hybridized carbons (Fsp3) is 0.391. The van der Waals surface area contributed by atoms with Crippen LogP contribution in [0.4, 0.5) is 0 Å². The van der Waals surface area contributed by atoms with E-state index in [1.54, 1.807) is 26.4 Å². The fourth-order valence-corrected chi connectivity index (χ4v) is 3.55. The first-order valence-electron chi connectivity index (χ1n) is 9.77. The minimum Gasteiger partial charge on any atom is -0.493 e. The van der Waals surface area contributed by atoms with E-state index in [0.717, 1.165) is 16.7 Å². The Morgan fingerprint density at radius 3 is 2.47 bits per heavy atom. The quantitative estimate of drug-likeness (QED) is 0.648. The van der Waals surface area contributed by atoms with Crippen molar-refractivity contribution in [2.75, 3.05) is 20.8 Å². The molecule has 0 bridgehead atoms. The molecule has 0 fully saturated rings. The first-order valence-corrected chi connectivity index (χ1v) is 9.77. The van der Waals surface area contributed by atoms with E-state index in [2.05, 4.69) is 5.32 Å². The zero-order chi connectivity index (χ0) is 21.9. The third-order valence-electron chi connectivity index (χ3n) is 5.26. The summed E-state index contributed by atoms with van der Waals surface area (Å²) in [5.74, 6) is 0.567. The molecular weight excluding hydrogens is 386 g/mol. The minimum atomic E-state index is -0.834. The molecule has 0 saturated carbocycles. The number of ether oxygens (including phenoxy) is 3. The van der Waals surface area contributed by atoms with Crippen LogP contribution in [-0.4, -0.2) is 37.8 Å². The summed E-state index contributed by atoms with van der Waals surface area (Å²) in [6.45, 7) is 4.67. The lowest BCUT2D eigenvalue weighted by Crippen LogP contribution is -2.23. The molecule has 0 atom stereocenters. The average molecular weight is 413 g/mol. The lowest BCUT2D eigenvalue weighted by atomic mass is 9.89. The number of carbonyl (C=O) groups excluding carboxylic acids is 1. The van der Waals surface area contributed by atoms with Crippen molar-refractivity contribution in [3.8, 4) is 28.4 Å². The van der Waals surface area contributed by atoms with E-state index < -0.39 is 5.97 Å². The van der Waals surface area contributed by atoms with Crippen LogP contribution in [0.2, 0.25) is 0 Å². The van der Waals surface area contributed by atoms with E-state index in [4.69, 9.17) is 19.3 Å². The molecule has 0 unspecified atom stereocenters. The van der Waals surface area contributed by atoms with Gasteiger partial charge in [-0.2, -0.15) is 0 Å². The number of hydrogen-bond donors (Lipinski definition) is 2. The summed E-state index contributed by atoms with van der Waals surface area (Å²) >= 11 is 0. The van der Waals surface area contributed by atoms with Gasteiger partial charge in [-0.15, -0.1) is 0 Å². The van der Waals surface area contributed by atoms with Gasteiger partial charge in [0.1, 0.15) is 0 Å². The van der Waals surface area contributed by atoms with Crippen molar-refractivity contribution in [2.45, 2.75) is 33.2 Å². The molecule has 1 aliphatic heterocycles. The SMILES string of the molecule is COc1ccc(-c2cccc3c2CNC3=O)c(OCC(C)(C)CCC(=O)O)c1OC. The van der Waals surface area contributed by atoms with Crippen molar-refractivity contribution in [1.82, 2.24) is 5.32 Å². The summed E-state index contributed by atoms with van der Waals surface area (Å²) < 4.78 is 17.3. The summed E-state index contributed by atoms with van der Waals surface area (Å²) in [5.41, 5.74) is 2.86. The number of fused-ring (bicyclic) bond motifs is 1. The van der Waals surface area contributed by atoms with Crippen LogP contribution in [0.1, 0.15) is 42.6 Å². The van der Waals surface area contributed by atoms with Gasteiger partial charge in [-0.05, 0) is 41.2 Å². The maximum absolute atomic E-state index is 12.1. The highest BCUT2D eigenvalue weighted by Crippen LogP contribution is 2.46. The summed E-state index contributed by atoms with van der Waals surface area (Å²) in [6.07, 6.45) is 0.543. The predicted octanol–water partition coefficient (Wildman–Crippen LogP) is 3.88. The van der Waals surface area contributed by atoms with Gasteiger partial charge < -0.3 is 24.6 Å². The van der Waals surface area contributed by atoms with Crippen molar-refractivity contribution >= 4 is 11.9 Å². The van der Waals surface area contributed by atoms with Gasteiger partial charge in [-0.25, -0.2) is 0 Å². The monoisotopic (exact) mass is 413 g/mol. The van der Waals surface area contributed by atoms with Crippen LogP contribution >= 0.6 is 0 Å². The molecule has 1 heterocycles. The van der Waals surface area contributed by atoms with Crippen molar-refractivity contribution in [1.29, 1.82) is 0 Å². The molecule has 30 heavy (non-hydrogen) atoms. The number of hydrogen-bond acceptors (Lipinski definition) is 5. The number of aliphatic carboxylic acids is 1. The van der Waals surface area contributed by atoms with Crippen LogP contribution in [0.25, 0.3) is 11.1 Å². The molecule has 2 N–H and O–H groups in total. The third kappa shape index (κ3) is 4.35. The minimum absolute atomic E-state index is 0.0679. The second kappa shape index (κ2) is 8.65. The molecule has 0 spiro atoms. The highest BCUT2D eigenvalue weighted by molar-refractivity contribution is 6.01. The zero-order valence-corrected chi connectivity index (χ0v) is 17.7. The number of methoxy groups -OCH3 is 2. The highest BCUT2D eigenvalue weighted by atomic mass is 16.5. The van der Waals surface area contributed by atoms with Crippen LogP contribution in [0.3, 0.4) is 0 Å². The number of amides is 1. The van der Waals surface area contributed by atoms with E-state index in [-0.39, 0.29) is 17.7 Å². The molecule has 3 rings (SSSR count). The zero-order valence-electron chi connectivity index (χ0n) is 17.7. The van der Waals surface area contributed by atoms with Crippen LogP contribution in [0.15, 0.2) is 30.3 Å². The molecule has 7 heteroatoms. The van der Waals surface area contributed by atoms with E-state index in [0.29, 0.717) is 42.4 Å². The molecule has 2 aromatic carbocycles. The largest absolute Gasteiger partial charge is 0.493 e. The van der Waals surface area contributed by atoms with Gasteiger partial charge in [0.05, 0.1) is 20.8 Å². The van der Waals surface area contributed by atoms with Gasteiger partial charge in [0.25, 0.3) is 5.91 Å². The van der Waals surface area contributed by atoms with Gasteiger partial charge in [0, 0.05) is 24.1 Å². The summed E-state index contributed by atoms with van der Waals surface area (Å²) in [6, 6.07) is 9.29. The Bertz CT molecular complexity index is 966. The Morgan fingerprint density at radius 2 is 1.80 bits per heavy atom. The Hall–Kier alpha value is -3.22. The van der Waals surface area contributed by atoms with Crippen LogP contribution in [0.5, 0.6) is 17.2 Å². The summed E-state index contributed by atoms with van der Waals surface area (Å²) in [4.78, 5) is 23.1. The summed E-state index contributed by atoms with van der Waals surface area (Å²) in [7, 11) is 3.10. The summed E-state index contributed by atoms with van der Waals surface area (Å²) in [5, 5.41) is 11.9. The average Bonchev–Trinajstić information content (AvgIpc) is 3.11. The van der Waals surface area contributed by atoms with Crippen molar-refractivity contribution in [3.63, 3.8) is 0 Å². The Kier molecular flexibility index (Phi) is 6.20. The molecule has 2 aromatic rings. The number of rotatable bonds is 9. The maximum Gasteiger partial charge on any atom is 0.303 e. The van der Waals surface area contributed by atoms with Gasteiger partial charge in [-0.3, -0.25) is 9.59 Å². The maximum atomic E-state index is 12.1. The van der Waals surface area contributed by atoms with E-state index in [1.807, 2.05) is 32.0 Å². The van der Waals surface area contributed by atoms with Crippen LogP contribution in [-0.2, 0) is 11.3 Å². The number of carbonyl (C=O) groups is 2. The van der Waals surface area contributed by atoms with Crippen LogP contribution in [0, 0.1) is 5.41 Å². The molecule has 7 nitrogen and oxygen atoms in total. The highest BCUT2D eigenvalue weighted by Gasteiger charge is 2.27. The molecule has 160 valence electrons. The van der Waals surface area contributed by atoms with Crippen molar-refractivity contribution in [2.24, 2.45) is 5.41 Å². The fourth-order valence-electron chi connectivity index (χ4n) is 3.55. The first kappa shape index (κ1) is 21.5. The third-order valence-corrected chi connectivity index (χ3v) is 5.26. The molecular formula is C23H27NO6. The Labute approximate surface area is 176 Å².